The van der Waals surface area contributed by atoms with Crippen LogP contribution in [-0.2, 0) is 6.18 Å². The van der Waals surface area contributed by atoms with E-state index in [2.05, 4.69) is 9.84 Å². The lowest BCUT2D eigenvalue weighted by Crippen LogP contribution is -2.31. The Bertz CT molecular complexity index is 1450. The van der Waals surface area contributed by atoms with Gasteiger partial charge < -0.3 is 9.64 Å². The molecule has 0 aliphatic rings. The molecular weight excluding hydrogens is 536 g/mol. The van der Waals surface area contributed by atoms with E-state index in [0.29, 0.717) is 5.56 Å². The Hall–Kier alpha value is -3.99. The van der Waals surface area contributed by atoms with Gasteiger partial charge in [-0.1, -0.05) is 48.0 Å². The number of halogens is 7. The van der Waals surface area contributed by atoms with Gasteiger partial charge in [-0.2, -0.15) is 18.3 Å². The normalized spacial score (nSPS) is 11.9. The molecule has 1 heterocycles. The molecular formula is C26H18ClF6N3O2. The second-order valence-electron chi connectivity index (χ2n) is 7.92. The zero-order valence-corrected chi connectivity index (χ0v) is 20.3. The first-order valence-corrected chi connectivity index (χ1v) is 11.5. The Morgan fingerprint density at radius 1 is 0.947 bits per heavy atom. The molecule has 1 aromatic heterocycles. The van der Waals surface area contributed by atoms with E-state index < -0.39 is 29.9 Å². The van der Waals surface area contributed by atoms with Crippen molar-refractivity contribution in [3.63, 3.8) is 0 Å². The van der Waals surface area contributed by atoms with Gasteiger partial charge in [0.25, 0.3) is 5.91 Å². The number of benzene rings is 3. The Kier molecular flexibility index (Phi) is 7.41. The molecule has 4 aromatic rings. The van der Waals surface area contributed by atoms with Gasteiger partial charge in [0, 0.05) is 17.7 Å². The third-order valence-electron chi connectivity index (χ3n) is 5.45. The summed E-state index contributed by atoms with van der Waals surface area (Å²) in [5.74, 6) is -1.18. The number of hydrogen-bond donors (Lipinski definition) is 0. The summed E-state index contributed by atoms with van der Waals surface area (Å²) in [7, 11) is 0. The molecule has 4 rings (SSSR count). The van der Waals surface area contributed by atoms with E-state index in [9.17, 15) is 31.1 Å². The molecule has 3 aromatic carbocycles. The maximum Gasteiger partial charge on any atom is 0.573 e. The molecule has 0 atom stereocenters. The van der Waals surface area contributed by atoms with Crippen molar-refractivity contribution >= 4 is 23.2 Å². The minimum absolute atomic E-state index is 0.0209. The van der Waals surface area contributed by atoms with Crippen LogP contribution < -0.4 is 9.64 Å². The molecule has 0 aliphatic heterocycles. The van der Waals surface area contributed by atoms with E-state index in [-0.39, 0.29) is 34.2 Å². The number of anilines is 1. The lowest BCUT2D eigenvalue weighted by atomic mass is 10.1. The average Bonchev–Trinajstić information content (AvgIpc) is 3.31. The van der Waals surface area contributed by atoms with Gasteiger partial charge in [-0.3, -0.25) is 4.79 Å². The fourth-order valence-corrected chi connectivity index (χ4v) is 4.00. The highest BCUT2D eigenvalue weighted by atomic mass is 35.5. The minimum Gasteiger partial charge on any atom is -0.404 e. The van der Waals surface area contributed by atoms with Gasteiger partial charge in [-0.25, -0.2) is 4.68 Å². The molecule has 0 unspecified atom stereocenters. The van der Waals surface area contributed by atoms with Crippen molar-refractivity contribution in [3.8, 4) is 22.7 Å². The number of alkyl halides is 6. The Morgan fingerprint density at radius 3 is 2.18 bits per heavy atom. The molecule has 0 radical (unpaired) electrons. The maximum absolute atomic E-state index is 13.5. The van der Waals surface area contributed by atoms with Gasteiger partial charge in [-0.15, -0.1) is 13.2 Å². The maximum atomic E-state index is 13.5. The summed E-state index contributed by atoms with van der Waals surface area (Å²) in [6, 6.07) is 17.9. The van der Waals surface area contributed by atoms with Gasteiger partial charge in [-0.05, 0) is 49.4 Å². The van der Waals surface area contributed by atoms with E-state index in [1.54, 1.807) is 19.1 Å². The summed E-state index contributed by atoms with van der Waals surface area (Å²) < 4.78 is 84.1. The van der Waals surface area contributed by atoms with E-state index in [1.165, 1.54) is 54.6 Å². The summed E-state index contributed by atoms with van der Waals surface area (Å²) in [5.41, 5.74) is -0.538. The van der Waals surface area contributed by atoms with Crippen molar-refractivity contribution in [2.45, 2.75) is 19.5 Å². The number of ether oxygens (including phenoxy) is 1. The summed E-state index contributed by atoms with van der Waals surface area (Å²) in [6.07, 6.45) is -9.68. The first-order valence-electron chi connectivity index (χ1n) is 11.1. The van der Waals surface area contributed by atoms with Gasteiger partial charge in [0.1, 0.15) is 0 Å². The molecule has 0 fully saturated rings. The van der Waals surface area contributed by atoms with E-state index >= 15 is 0 Å². The molecule has 12 heteroatoms. The Balaban J connectivity index is 1.71. The molecule has 38 heavy (non-hydrogen) atoms. The minimum atomic E-state index is -4.96. The topological polar surface area (TPSA) is 47.4 Å². The van der Waals surface area contributed by atoms with Crippen LogP contribution in [0.1, 0.15) is 23.0 Å². The van der Waals surface area contributed by atoms with E-state index in [1.807, 2.05) is 0 Å². The largest absolute Gasteiger partial charge is 0.573 e. The standard InChI is InChI=1S/C26H18ClF6N3O2/c1-2-35(20-9-5-6-10-22(20)38-26(31,32)33)24(37)17-13-11-16(12-14-17)21-15-23(25(28,29)30)34-36(21)19-8-4-3-7-18(19)27/h3-15H,2H2,1H3. The number of rotatable bonds is 6. The van der Waals surface area contributed by atoms with Crippen molar-refractivity contribution in [3.05, 3.63) is 95.1 Å². The van der Waals surface area contributed by atoms with Crippen LogP contribution in [0.3, 0.4) is 0 Å². The monoisotopic (exact) mass is 553 g/mol. The summed E-state index contributed by atoms with van der Waals surface area (Å²) in [4.78, 5) is 14.3. The van der Waals surface area contributed by atoms with Crippen LogP contribution in [-0.4, -0.2) is 28.6 Å². The Labute approximate surface area is 217 Å². The van der Waals surface area contributed by atoms with Crippen LogP contribution in [0, 0.1) is 0 Å². The highest BCUT2D eigenvalue weighted by Gasteiger charge is 2.36. The molecule has 0 saturated carbocycles. The highest BCUT2D eigenvalue weighted by molar-refractivity contribution is 6.32. The quantitative estimate of drug-likeness (QED) is 0.229. The zero-order valence-electron chi connectivity index (χ0n) is 19.5. The van der Waals surface area contributed by atoms with Crippen molar-refractivity contribution in [1.29, 1.82) is 0 Å². The summed E-state index contributed by atoms with van der Waals surface area (Å²) in [5, 5.41) is 3.87. The van der Waals surface area contributed by atoms with Crippen molar-refractivity contribution in [2.24, 2.45) is 0 Å². The molecule has 0 spiro atoms. The molecule has 0 bridgehead atoms. The smallest absolute Gasteiger partial charge is 0.404 e. The lowest BCUT2D eigenvalue weighted by Gasteiger charge is -2.24. The number of carbonyl (C=O) groups is 1. The van der Waals surface area contributed by atoms with E-state index in [0.717, 1.165) is 21.7 Å². The van der Waals surface area contributed by atoms with Crippen molar-refractivity contribution < 1.29 is 35.9 Å². The van der Waals surface area contributed by atoms with Gasteiger partial charge in [0.05, 0.1) is 22.1 Å². The lowest BCUT2D eigenvalue weighted by molar-refractivity contribution is -0.274. The first-order chi connectivity index (χ1) is 17.9. The van der Waals surface area contributed by atoms with Crippen molar-refractivity contribution in [1.82, 2.24) is 9.78 Å². The fourth-order valence-electron chi connectivity index (χ4n) is 3.79. The average molecular weight is 554 g/mol. The number of nitrogens with zero attached hydrogens (tertiary/aromatic N) is 3. The predicted octanol–water partition coefficient (Wildman–Crippen LogP) is 7.78. The number of amides is 1. The van der Waals surface area contributed by atoms with E-state index in [4.69, 9.17) is 11.6 Å². The van der Waals surface area contributed by atoms with Crippen LogP contribution >= 0.6 is 11.6 Å². The summed E-state index contributed by atoms with van der Waals surface area (Å²) in [6.45, 7) is 1.60. The molecule has 1 amide bonds. The number of aromatic nitrogens is 2. The molecule has 0 N–H and O–H groups in total. The number of para-hydroxylation sites is 3. The van der Waals surface area contributed by atoms with Crippen LogP contribution in [0.25, 0.3) is 16.9 Å². The van der Waals surface area contributed by atoms with Crippen LogP contribution in [0.4, 0.5) is 32.0 Å². The second kappa shape index (κ2) is 10.4. The Morgan fingerprint density at radius 2 is 1.58 bits per heavy atom. The third-order valence-corrected chi connectivity index (χ3v) is 5.77. The molecule has 198 valence electrons. The van der Waals surface area contributed by atoms with Gasteiger partial charge in [0.15, 0.2) is 11.4 Å². The van der Waals surface area contributed by atoms with Crippen LogP contribution in [0.15, 0.2) is 78.9 Å². The molecule has 0 aliphatic carbocycles. The first kappa shape index (κ1) is 27.1. The van der Waals surface area contributed by atoms with Crippen LogP contribution in [0.2, 0.25) is 5.02 Å². The predicted molar refractivity (Wildman–Crippen MR) is 129 cm³/mol. The number of hydrogen-bond acceptors (Lipinski definition) is 3. The molecule has 5 nitrogen and oxygen atoms in total. The molecule has 0 saturated heterocycles. The summed E-state index contributed by atoms with van der Waals surface area (Å²) >= 11 is 6.20. The zero-order chi connectivity index (χ0) is 27.7. The second-order valence-corrected chi connectivity index (χ2v) is 8.33. The fraction of sp³-hybridized carbons (Fsp3) is 0.154. The third kappa shape index (κ3) is 5.77. The van der Waals surface area contributed by atoms with Crippen molar-refractivity contribution in [2.75, 3.05) is 11.4 Å². The SMILES string of the molecule is CCN(C(=O)c1ccc(-c2cc(C(F)(F)F)nn2-c2ccccc2Cl)cc1)c1ccccc1OC(F)(F)F. The highest BCUT2D eigenvalue weighted by Crippen LogP contribution is 2.36. The van der Waals surface area contributed by atoms with Gasteiger partial charge >= 0.3 is 12.5 Å². The number of carbonyl (C=O) groups excluding carboxylic acids is 1. The van der Waals surface area contributed by atoms with Gasteiger partial charge in [0.2, 0.25) is 0 Å². The van der Waals surface area contributed by atoms with Crippen LogP contribution in [0.5, 0.6) is 5.75 Å².